The summed E-state index contributed by atoms with van der Waals surface area (Å²) in [4.78, 5) is 23.9. The predicted molar refractivity (Wildman–Crippen MR) is 103 cm³/mol. The summed E-state index contributed by atoms with van der Waals surface area (Å²) in [5.74, 6) is 10.8. The van der Waals surface area contributed by atoms with Crippen molar-refractivity contribution in [1.29, 1.82) is 0 Å². The first kappa shape index (κ1) is 22.5. The molecule has 2 rings (SSSR count). The number of carbonyl (C=O) groups excluding carboxylic acids is 2. The SMILES string of the molecule is COCC1CC1C#CC#Cc1ccc(C(=O)N[C@H](C(C)=O)[C@](C)(O)C(F)F)cc1. The fraction of sp³-hybridized carbons (Fsp3) is 0.455. The second-order valence-corrected chi connectivity index (χ2v) is 7.20. The molecule has 0 spiro atoms. The first-order valence-corrected chi connectivity index (χ1v) is 9.09. The monoisotopic (exact) mass is 403 g/mol. The van der Waals surface area contributed by atoms with Crippen LogP contribution in [-0.4, -0.2) is 48.6 Å². The molecule has 29 heavy (non-hydrogen) atoms. The Balaban J connectivity index is 1.99. The van der Waals surface area contributed by atoms with Gasteiger partial charge in [-0.1, -0.05) is 11.8 Å². The van der Waals surface area contributed by atoms with Crippen LogP contribution in [0.2, 0.25) is 0 Å². The highest BCUT2D eigenvalue weighted by Gasteiger charge is 2.44. The summed E-state index contributed by atoms with van der Waals surface area (Å²) in [5.41, 5.74) is -1.89. The number of amides is 1. The van der Waals surface area contributed by atoms with E-state index in [2.05, 4.69) is 29.0 Å². The van der Waals surface area contributed by atoms with Crippen molar-refractivity contribution >= 4 is 11.7 Å². The van der Waals surface area contributed by atoms with E-state index in [0.717, 1.165) is 20.3 Å². The van der Waals surface area contributed by atoms with Crippen LogP contribution in [0, 0.1) is 35.5 Å². The van der Waals surface area contributed by atoms with E-state index in [1.807, 2.05) is 0 Å². The zero-order chi connectivity index (χ0) is 21.6. The van der Waals surface area contributed by atoms with Crippen molar-refractivity contribution in [3.63, 3.8) is 0 Å². The molecule has 1 aliphatic rings. The smallest absolute Gasteiger partial charge is 0.269 e. The fourth-order valence-corrected chi connectivity index (χ4v) is 2.76. The average molecular weight is 403 g/mol. The minimum atomic E-state index is -3.20. The number of hydrogen-bond donors (Lipinski definition) is 2. The summed E-state index contributed by atoms with van der Waals surface area (Å²) in [6.45, 7) is 2.54. The first-order chi connectivity index (χ1) is 13.7. The molecular formula is C22H23F2NO4. The third kappa shape index (κ3) is 6.12. The summed E-state index contributed by atoms with van der Waals surface area (Å²) >= 11 is 0. The number of ether oxygens (including phenoxy) is 1. The zero-order valence-corrected chi connectivity index (χ0v) is 16.5. The van der Waals surface area contributed by atoms with Crippen LogP contribution >= 0.6 is 0 Å². The van der Waals surface area contributed by atoms with Gasteiger partial charge in [0.2, 0.25) is 0 Å². The molecule has 1 aromatic carbocycles. The number of ketones is 1. The highest BCUT2D eigenvalue weighted by molar-refractivity contribution is 5.98. The molecular weight excluding hydrogens is 380 g/mol. The zero-order valence-electron chi connectivity index (χ0n) is 16.5. The topological polar surface area (TPSA) is 75.6 Å². The number of methoxy groups -OCH3 is 1. The molecule has 0 saturated heterocycles. The van der Waals surface area contributed by atoms with Gasteiger partial charge in [-0.15, -0.1) is 0 Å². The number of alkyl halides is 2. The maximum Gasteiger partial charge on any atom is 0.269 e. The number of nitrogens with one attached hydrogen (secondary N) is 1. The van der Waals surface area contributed by atoms with Crippen LogP contribution in [0.3, 0.4) is 0 Å². The van der Waals surface area contributed by atoms with Crippen LogP contribution in [-0.2, 0) is 9.53 Å². The number of rotatable bonds is 7. The number of Topliss-reactive ketones (excluding diaryl/α,β-unsaturated/α-hetero) is 1. The van der Waals surface area contributed by atoms with Crippen LogP contribution in [0.5, 0.6) is 0 Å². The number of benzene rings is 1. The van der Waals surface area contributed by atoms with E-state index in [9.17, 15) is 23.5 Å². The lowest BCUT2D eigenvalue weighted by atomic mass is 9.93. The van der Waals surface area contributed by atoms with Gasteiger partial charge in [-0.3, -0.25) is 9.59 Å². The van der Waals surface area contributed by atoms with Crippen LogP contribution in [0.25, 0.3) is 0 Å². The molecule has 7 heteroatoms. The Bertz CT molecular complexity index is 872. The van der Waals surface area contributed by atoms with Crippen LogP contribution in [0.1, 0.15) is 36.2 Å². The fourth-order valence-electron chi connectivity index (χ4n) is 2.76. The van der Waals surface area contributed by atoms with Crippen molar-refractivity contribution < 1.29 is 28.2 Å². The maximum atomic E-state index is 13.0. The molecule has 5 nitrogen and oxygen atoms in total. The van der Waals surface area contributed by atoms with E-state index in [1.165, 1.54) is 12.1 Å². The van der Waals surface area contributed by atoms with Crippen molar-refractivity contribution in [2.45, 2.75) is 38.3 Å². The van der Waals surface area contributed by atoms with Gasteiger partial charge in [-0.05, 0) is 62.3 Å². The molecule has 2 unspecified atom stereocenters. The Labute approximate surface area is 168 Å². The van der Waals surface area contributed by atoms with E-state index < -0.39 is 29.8 Å². The molecule has 0 aliphatic heterocycles. The lowest BCUT2D eigenvalue weighted by molar-refractivity contribution is -0.138. The van der Waals surface area contributed by atoms with E-state index >= 15 is 0 Å². The standard InChI is InChI=1S/C22H23F2NO4/c1-14(26)19(22(2,28)21(23)24)25-20(27)16-10-8-15(9-11-16)6-4-5-7-17-12-18(17)13-29-3/h8-11,17-19,21,28H,12-13H2,1-3H3,(H,25,27)/t17?,18?,19-,22+/m1/s1. The summed E-state index contributed by atoms with van der Waals surface area (Å²) in [7, 11) is 1.66. The molecule has 0 heterocycles. The van der Waals surface area contributed by atoms with Crippen molar-refractivity contribution in [1.82, 2.24) is 5.32 Å². The molecule has 0 bridgehead atoms. The third-order valence-electron chi connectivity index (χ3n) is 4.69. The summed E-state index contributed by atoms with van der Waals surface area (Å²) in [6.07, 6.45) is -2.18. The summed E-state index contributed by atoms with van der Waals surface area (Å²) in [6, 6.07) is 4.35. The van der Waals surface area contributed by atoms with E-state index in [0.29, 0.717) is 24.0 Å². The van der Waals surface area contributed by atoms with E-state index in [-0.39, 0.29) is 5.56 Å². The molecule has 1 aromatic rings. The van der Waals surface area contributed by atoms with Gasteiger partial charge in [-0.25, -0.2) is 8.78 Å². The van der Waals surface area contributed by atoms with Crippen LogP contribution in [0.15, 0.2) is 24.3 Å². The largest absolute Gasteiger partial charge is 0.384 e. The van der Waals surface area contributed by atoms with Gasteiger partial charge in [0.05, 0.1) is 6.61 Å². The number of carbonyl (C=O) groups is 2. The third-order valence-corrected chi connectivity index (χ3v) is 4.69. The van der Waals surface area contributed by atoms with Crippen molar-refractivity contribution in [2.24, 2.45) is 11.8 Å². The molecule has 2 N–H and O–H groups in total. The Morgan fingerprint density at radius 1 is 1.31 bits per heavy atom. The molecule has 4 atom stereocenters. The molecule has 1 aliphatic carbocycles. The predicted octanol–water partition coefficient (Wildman–Crippen LogP) is 2.03. The van der Waals surface area contributed by atoms with Crippen LogP contribution < -0.4 is 5.32 Å². The number of hydrogen-bond acceptors (Lipinski definition) is 4. The normalized spacial score (nSPS) is 20.4. The minimum Gasteiger partial charge on any atom is -0.384 e. The maximum absolute atomic E-state index is 13.0. The quantitative estimate of drug-likeness (QED) is 0.683. The Morgan fingerprint density at radius 2 is 1.97 bits per heavy atom. The average Bonchev–Trinajstić information content (AvgIpc) is 3.41. The highest BCUT2D eigenvalue weighted by Crippen LogP contribution is 2.37. The summed E-state index contributed by atoms with van der Waals surface area (Å²) in [5, 5.41) is 12.0. The Hall–Kier alpha value is -2.74. The van der Waals surface area contributed by atoms with Gasteiger partial charge in [0, 0.05) is 24.2 Å². The lowest BCUT2D eigenvalue weighted by Gasteiger charge is -2.30. The number of aliphatic hydroxyl groups is 1. The van der Waals surface area contributed by atoms with Gasteiger partial charge in [-0.2, -0.15) is 0 Å². The van der Waals surface area contributed by atoms with Gasteiger partial charge in [0.1, 0.15) is 11.6 Å². The van der Waals surface area contributed by atoms with Gasteiger partial charge in [0.25, 0.3) is 12.3 Å². The molecule has 0 aromatic heterocycles. The van der Waals surface area contributed by atoms with Gasteiger partial charge >= 0.3 is 0 Å². The van der Waals surface area contributed by atoms with Crippen molar-refractivity contribution in [3.05, 3.63) is 35.4 Å². The van der Waals surface area contributed by atoms with Crippen LogP contribution in [0.4, 0.5) is 8.78 Å². The molecule has 154 valence electrons. The number of halogens is 2. The molecule has 1 amide bonds. The Kier molecular flexibility index (Phi) is 7.50. The summed E-state index contributed by atoms with van der Waals surface area (Å²) < 4.78 is 31.1. The highest BCUT2D eigenvalue weighted by atomic mass is 19.3. The van der Waals surface area contributed by atoms with Gasteiger partial charge < -0.3 is 15.2 Å². The second-order valence-electron chi connectivity index (χ2n) is 7.20. The van der Waals surface area contributed by atoms with E-state index in [1.54, 1.807) is 19.2 Å². The molecule has 1 fully saturated rings. The molecule has 1 saturated carbocycles. The van der Waals surface area contributed by atoms with Crippen molar-refractivity contribution in [2.75, 3.05) is 13.7 Å². The minimum absolute atomic E-state index is 0.151. The second kappa shape index (κ2) is 9.65. The lowest BCUT2D eigenvalue weighted by Crippen LogP contribution is -2.58. The van der Waals surface area contributed by atoms with E-state index in [4.69, 9.17) is 4.74 Å². The first-order valence-electron chi connectivity index (χ1n) is 9.09. The Morgan fingerprint density at radius 3 is 2.52 bits per heavy atom. The molecule has 0 radical (unpaired) electrons. The van der Waals surface area contributed by atoms with Crippen molar-refractivity contribution in [3.8, 4) is 23.7 Å². The van der Waals surface area contributed by atoms with Gasteiger partial charge in [0.15, 0.2) is 5.78 Å².